The molecular formula is C14H17NO5. The molecule has 0 unspecified atom stereocenters. The molecule has 0 amide bonds. The van der Waals surface area contributed by atoms with Gasteiger partial charge in [-0.3, -0.25) is 14.9 Å². The summed E-state index contributed by atoms with van der Waals surface area (Å²) >= 11 is 0. The quantitative estimate of drug-likeness (QED) is 0.453. The predicted molar refractivity (Wildman–Crippen MR) is 71.8 cm³/mol. The van der Waals surface area contributed by atoms with Gasteiger partial charge < -0.3 is 9.47 Å². The number of hydrogen-bond acceptors (Lipinski definition) is 5. The van der Waals surface area contributed by atoms with E-state index in [0.29, 0.717) is 18.1 Å². The van der Waals surface area contributed by atoms with Crippen LogP contribution in [0.15, 0.2) is 24.3 Å². The average Bonchev–Trinajstić information content (AvgIpc) is 2.48. The summed E-state index contributed by atoms with van der Waals surface area (Å²) in [4.78, 5) is 22.0. The van der Waals surface area contributed by atoms with Crippen molar-refractivity contribution in [2.45, 2.75) is 12.8 Å². The Kier molecular flexibility index (Phi) is 5.20. The molecule has 1 aromatic rings. The molecule has 20 heavy (non-hydrogen) atoms. The Morgan fingerprint density at radius 3 is 2.85 bits per heavy atom. The molecule has 6 heteroatoms. The van der Waals surface area contributed by atoms with E-state index in [4.69, 9.17) is 9.47 Å². The number of ketones is 1. The van der Waals surface area contributed by atoms with Crippen LogP contribution in [-0.2, 0) is 9.47 Å². The van der Waals surface area contributed by atoms with Gasteiger partial charge in [-0.1, -0.05) is 12.1 Å². The third-order valence-electron chi connectivity index (χ3n) is 3.31. The van der Waals surface area contributed by atoms with Gasteiger partial charge in [-0.15, -0.1) is 0 Å². The summed E-state index contributed by atoms with van der Waals surface area (Å²) in [6.45, 7) is 1.97. The zero-order chi connectivity index (χ0) is 14.4. The summed E-state index contributed by atoms with van der Waals surface area (Å²) in [6, 6.07) is 5.71. The lowest BCUT2D eigenvalue weighted by Gasteiger charge is -2.21. The first-order valence-corrected chi connectivity index (χ1v) is 6.60. The molecule has 0 atom stereocenters. The van der Waals surface area contributed by atoms with Gasteiger partial charge in [-0.05, 0) is 18.8 Å². The fourth-order valence-corrected chi connectivity index (χ4v) is 2.11. The van der Waals surface area contributed by atoms with Crippen LogP contribution >= 0.6 is 0 Å². The number of carbonyl (C=O) groups is 1. The first-order valence-electron chi connectivity index (χ1n) is 6.60. The van der Waals surface area contributed by atoms with Crippen molar-refractivity contribution < 1.29 is 19.2 Å². The van der Waals surface area contributed by atoms with Crippen LogP contribution in [0.5, 0.6) is 0 Å². The number of nitrogens with zero attached hydrogens (tertiary/aromatic N) is 1. The second-order valence-electron chi connectivity index (χ2n) is 4.80. The molecule has 0 saturated carbocycles. The van der Waals surface area contributed by atoms with Gasteiger partial charge in [-0.25, -0.2) is 0 Å². The SMILES string of the molecule is O=C(COCC1CCOCC1)c1cccc([N+](=O)[O-])c1. The van der Waals surface area contributed by atoms with E-state index in [-0.39, 0.29) is 18.1 Å². The summed E-state index contributed by atoms with van der Waals surface area (Å²) in [5.74, 6) is 0.197. The van der Waals surface area contributed by atoms with Gasteiger partial charge in [0.15, 0.2) is 5.78 Å². The maximum atomic E-state index is 11.9. The lowest BCUT2D eigenvalue weighted by molar-refractivity contribution is -0.384. The Hall–Kier alpha value is -1.79. The molecule has 6 nitrogen and oxygen atoms in total. The summed E-state index contributed by atoms with van der Waals surface area (Å²) in [5, 5.41) is 10.6. The molecule has 1 aliphatic heterocycles. The molecule has 0 radical (unpaired) electrons. The van der Waals surface area contributed by atoms with Gasteiger partial charge in [0.25, 0.3) is 5.69 Å². The number of nitro groups is 1. The zero-order valence-electron chi connectivity index (χ0n) is 11.1. The first kappa shape index (κ1) is 14.6. The van der Waals surface area contributed by atoms with Gasteiger partial charge in [0, 0.05) is 30.9 Å². The Bertz CT molecular complexity index is 482. The molecular weight excluding hydrogens is 262 g/mol. The highest BCUT2D eigenvalue weighted by Gasteiger charge is 2.16. The van der Waals surface area contributed by atoms with Gasteiger partial charge in [0.05, 0.1) is 11.5 Å². The van der Waals surface area contributed by atoms with Crippen LogP contribution in [0.25, 0.3) is 0 Å². The number of benzene rings is 1. The van der Waals surface area contributed by atoms with E-state index in [1.807, 2.05) is 0 Å². The number of nitro benzene ring substituents is 1. The van der Waals surface area contributed by atoms with Gasteiger partial charge in [0.2, 0.25) is 0 Å². The third kappa shape index (κ3) is 4.11. The highest BCUT2D eigenvalue weighted by Crippen LogP contribution is 2.16. The predicted octanol–water partition coefficient (Wildman–Crippen LogP) is 2.22. The number of rotatable bonds is 6. The second-order valence-corrected chi connectivity index (χ2v) is 4.80. The number of ether oxygens (including phenoxy) is 2. The molecule has 0 N–H and O–H groups in total. The van der Waals surface area contributed by atoms with E-state index in [1.165, 1.54) is 18.2 Å². The minimum absolute atomic E-state index is 0.0431. The molecule has 1 saturated heterocycles. The van der Waals surface area contributed by atoms with Crippen LogP contribution in [-0.4, -0.2) is 37.1 Å². The van der Waals surface area contributed by atoms with Gasteiger partial charge in [0.1, 0.15) is 6.61 Å². The highest BCUT2D eigenvalue weighted by atomic mass is 16.6. The van der Waals surface area contributed by atoms with Crippen LogP contribution < -0.4 is 0 Å². The molecule has 0 bridgehead atoms. The van der Waals surface area contributed by atoms with E-state index >= 15 is 0 Å². The fourth-order valence-electron chi connectivity index (χ4n) is 2.11. The maximum Gasteiger partial charge on any atom is 0.270 e. The van der Waals surface area contributed by atoms with Crippen molar-refractivity contribution in [1.82, 2.24) is 0 Å². The van der Waals surface area contributed by atoms with Crippen molar-refractivity contribution in [2.24, 2.45) is 5.92 Å². The zero-order valence-corrected chi connectivity index (χ0v) is 11.1. The first-order chi connectivity index (χ1) is 9.66. The normalized spacial score (nSPS) is 16.0. The van der Waals surface area contributed by atoms with Crippen molar-refractivity contribution in [1.29, 1.82) is 0 Å². The topological polar surface area (TPSA) is 78.7 Å². The Morgan fingerprint density at radius 2 is 2.15 bits per heavy atom. The Labute approximate surface area is 116 Å². The van der Waals surface area contributed by atoms with Crippen LogP contribution in [0.1, 0.15) is 23.2 Å². The van der Waals surface area contributed by atoms with Crippen molar-refractivity contribution in [3.8, 4) is 0 Å². The molecule has 1 fully saturated rings. The molecule has 1 aromatic carbocycles. The van der Waals surface area contributed by atoms with Crippen LogP contribution in [0.4, 0.5) is 5.69 Å². The molecule has 1 aliphatic rings. The van der Waals surface area contributed by atoms with Crippen molar-refractivity contribution in [2.75, 3.05) is 26.4 Å². The standard InChI is InChI=1S/C14H17NO5/c16-14(10-20-9-11-4-6-19-7-5-11)12-2-1-3-13(8-12)15(17)18/h1-3,8,11H,4-7,9-10H2. The van der Waals surface area contributed by atoms with Gasteiger partial charge in [-0.2, -0.15) is 0 Å². The van der Waals surface area contributed by atoms with Crippen LogP contribution in [0.3, 0.4) is 0 Å². The minimum atomic E-state index is -0.514. The van der Waals surface area contributed by atoms with E-state index in [1.54, 1.807) is 6.07 Å². The van der Waals surface area contributed by atoms with E-state index in [2.05, 4.69) is 0 Å². The van der Waals surface area contributed by atoms with E-state index in [9.17, 15) is 14.9 Å². The lowest BCUT2D eigenvalue weighted by Crippen LogP contribution is -2.21. The van der Waals surface area contributed by atoms with Crippen LogP contribution in [0, 0.1) is 16.0 Å². The molecule has 0 spiro atoms. The molecule has 0 aliphatic carbocycles. The molecule has 1 heterocycles. The van der Waals surface area contributed by atoms with Crippen molar-refractivity contribution in [3.05, 3.63) is 39.9 Å². The van der Waals surface area contributed by atoms with Crippen molar-refractivity contribution >= 4 is 11.5 Å². The summed E-state index contributed by atoms with van der Waals surface area (Å²) in [7, 11) is 0. The monoisotopic (exact) mass is 279 g/mol. The largest absolute Gasteiger partial charge is 0.381 e. The van der Waals surface area contributed by atoms with E-state index in [0.717, 1.165) is 26.1 Å². The minimum Gasteiger partial charge on any atom is -0.381 e. The van der Waals surface area contributed by atoms with Gasteiger partial charge >= 0.3 is 0 Å². The summed E-state index contributed by atoms with van der Waals surface area (Å²) in [5.41, 5.74) is 0.228. The Balaban J connectivity index is 1.82. The highest BCUT2D eigenvalue weighted by molar-refractivity contribution is 5.97. The molecule has 0 aromatic heterocycles. The lowest BCUT2D eigenvalue weighted by atomic mass is 10.0. The maximum absolute atomic E-state index is 11.9. The third-order valence-corrected chi connectivity index (χ3v) is 3.31. The number of carbonyl (C=O) groups excluding carboxylic acids is 1. The van der Waals surface area contributed by atoms with Crippen molar-refractivity contribution in [3.63, 3.8) is 0 Å². The molecule has 108 valence electrons. The smallest absolute Gasteiger partial charge is 0.270 e. The fraction of sp³-hybridized carbons (Fsp3) is 0.500. The Morgan fingerprint density at radius 1 is 1.40 bits per heavy atom. The molecule has 2 rings (SSSR count). The second kappa shape index (κ2) is 7.12. The van der Waals surface area contributed by atoms with E-state index < -0.39 is 4.92 Å². The average molecular weight is 279 g/mol. The number of non-ortho nitro benzene ring substituents is 1. The number of Topliss-reactive ketones (excluding diaryl/α,β-unsaturated/α-hetero) is 1. The van der Waals surface area contributed by atoms with Crippen LogP contribution in [0.2, 0.25) is 0 Å². The number of hydrogen-bond donors (Lipinski definition) is 0. The summed E-state index contributed by atoms with van der Waals surface area (Å²) < 4.78 is 10.7. The summed E-state index contributed by atoms with van der Waals surface area (Å²) in [6.07, 6.45) is 1.90.